The van der Waals surface area contributed by atoms with Crippen LogP contribution in [0, 0.1) is 6.92 Å². The Hall–Kier alpha value is -1.26. The van der Waals surface area contributed by atoms with Crippen molar-refractivity contribution in [2.24, 2.45) is 0 Å². The monoisotopic (exact) mass is 225 g/mol. The van der Waals surface area contributed by atoms with Crippen LogP contribution in [0.15, 0.2) is 12.1 Å². The van der Waals surface area contributed by atoms with E-state index in [-0.39, 0.29) is 0 Å². The van der Waals surface area contributed by atoms with E-state index in [9.17, 15) is 5.11 Å². The molecule has 1 N–H and O–H groups in total. The summed E-state index contributed by atoms with van der Waals surface area (Å²) in [5.74, 6) is 1.30. The van der Waals surface area contributed by atoms with E-state index in [0.717, 1.165) is 11.1 Å². The molecule has 0 aliphatic rings. The molecule has 16 heavy (non-hydrogen) atoms. The lowest BCUT2D eigenvalue weighted by molar-refractivity contribution is 0.0388. The topological polar surface area (TPSA) is 41.9 Å². The molecule has 0 aromatic heterocycles. The Kier molecular flexibility index (Phi) is 4.15. The average molecular weight is 225 g/mol. The van der Waals surface area contributed by atoms with Crippen LogP contribution in [0.4, 0.5) is 0 Å². The molecule has 4 heteroatoms. The second kappa shape index (κ2) is 5.18. The maximum absolute atomic E-state index is 9.99. The lowest BCUT2D eigenvalue weighted by Crippen LogP contribution is -2.20. The van der Waals surface area contributed by atoms with E-state index in [0.29, 0.717) is 11.5 Å². The Bertz CT molecular complexity index is 364. The molecular formula is C12H19NO3. The van der Waals surface area contributed by atoms with Gasteiger partial charge in [0.15, 0.2) is 11.5 Å². The highest BCUT2D eigenvalue weighted by Crippen LogP contribution is 2.33. The minimum Gasteiger partial charge on any atom is -0.493 e. The number of hydrogen-bond donors (Lipinski definition) is 1. The fourth-order valence-corrected chi connectivity index (χ4v) is 1.55. The summed E-state index contributed by atoms with van der Waals surface area (Å²) in [4.78, 5) is 1.73. The molecule has 0 aliphatic heterocycles. The molecule has 1 rings (SSSR count). The van der Waals surface area contributed by atoms with Crippen LogP contribution in [-0.4, -0.2) is 38.3 Å². The summed E-state index contributed by atoms with van der Waals surface area (Å²) in [6.45, 7) is 1.93. The van der Waals surface area contributed by atoms with Crippen molar-refractivity contribution < 1.29 is 14.6 Å². The molecule has 1 aromatic rings. The molecule has 0 spiro atoms. The molecule has 4 nitrogen and oxygen atoms in total. The van der Waals surface area contributed by atoms with Crippen LogP contribution in [0.2, 0.25) is 0 Å². The molecular weight excluding hydrogens is 206 g/mol. The van der Waals surface area contributed by atoms with Gasteiger partial charge in [-0.25, -0.2) is 0 Å². The van der Waals surface area contributed by atoms with Crippen LogP contribution in [0.3, 0.4) is 0 Å². The number of hydrogen-bond acceptors (Lipinski definition) is 4. The van der Waals surface area contributed by atoms with Crippen molar-refractivity contribution in [2.75, 3.05) is 28.3 Å². The fraction of sp³-hybridized carbons (Fsp3) is 0.500. The van der Waals surface area contributed by atoms with E-state index in [1.807, 2.05) is 27.1 Å². The highest BCUT2D eigenvalue weighted by atomic mass is 16.5. The molecule has 0 bridgehead atoms. The van der Waals surface area contributed by atoms with Crippen LogP contribution >= 0.6 is 0 Å². The number of benzene rings is 1. The highest BCUT2D eigenvalue weighted by molar-refractivity contribution is 5.47. The van der Waals surface area contributed by atoms with Gasteiger partial charge < -0.3 is 14.6 Å². The summed E-state index contributed by atoms with van der Waals surface area (Å²) >= 11 is 0. The predicted molar refractivity (Wildman–Crippen MR) is 62.9 cm³/mol. The van der Waals surface area contributed by atoms with Crippen molar-refractivity contribution in [1.82, 2.24) is 4.90 Å². The second-order valence-electron chi connectivity index (χ2n) is 3.90. The van der Waals surface area contributed by atoms with E-state index in [4.69, 9.17) is 9.47 Å². The summed E-state index contributed by atoms with van der Waals surface area (Å²) in [6.07, 6.45) is -0.639. The summed E-state index contributed by atoms with van der Waals surface area (Å²) in [5, 5.41) is 9.99. The summed E-state index contributed by atoms with van der Waals surface area (Å²) in [6, 6.07) is 3.67. The van der Waals surface area contributed by atoms with Gasteiger partial charge in [0.05, 0.1) is 14.2 Å². The van der Waals surface area contributed by atoms with Gasteiger partial charge in [0.25, 0.3) is 0 Å². The number of methoxy groups -OCH3 is 2. The van der Waals surface area contributed by atoms with Gasteiger partial charge in [-0.2, -0.15) is 0 Å². The normalized spacial score (nSPS) is 12.7. The van der Waals surface area contributed by atoms with Gasteiger partial charge in [0.1, 0.15) is 6.23 Å². The number of aryl methyl sites for hydroxylation is 1. The third-order valence-corrected chi connectivity index (χ3v) is 2.54. The third-order valence-electron chi connectivity index (χ3n) is 2.54. The number of aliphatic hydroxyl groups is 1. The molecule has 0 amide bonds. The molecule has 0 aliphatic carbocycles. The van der Waals surface area contributed by atoms with E-state index in [1.54, 1.807) is 25.2 Å². The Balaban J connectivity index is 3.21. The minimum atomic E-state index is -0.639. The lowest BCUT2D eigenvalue weighted by Gasteiger charge is -2.22. The van der Waals surface area contributed by atoms with Gasteiger partial charge in [0.2, 0.25) is 0 Å². The quantitative estimate of drug-likeness (QED) is 0.790. The third kappa shape index (κ3) is 2.46. The van der Waals surface area contributed by atoms with Crippen LogP contribution in [0.1, 0.15) is 17.4 Å². The largest absolute Gasteiger partial charge is 0.493 e. The van der Waals surface area contributed by atoms with Gasteiger partial charge in [-0.15, -0.1) is 0 Å². The fourth-order valence-electron chi connectivity index (χ4n) is 1.55. The smallest absolute Gasteiger partial charge is 0.161 e. The first-order valence-corrected chi connectivity index (χ1v) is 5.08. The number of ether oxygens (including phenoxy) is 2. The maximum Gasteiger partial charge on any atom is 0.161 e. The maximum atomic E-state index is 9.99. The van der Waals surface area contributed by atoms with Gasteiger partial charge in [-0.1, -0.05) is 0 Å². The van der Waals surface area contributed by atoms with Crippen molar-refractivity contribution in [3.8, 4) is 11.5 Å². The van der Waals surface area contributed by atoms with Crippen molar-refractivity contribution in [1.29, 1.82) is 0 Å². The number of nitrogens with zero attached hydrogens (tertiary/aromatic N) is 1. The Morgan fingerprint density at radius 1 is 1.12 bits per heavy atom. The van der Waals surface area contributed by atoms with Crippen molar-refractivity contribution >= 4 is 0 Å². The van der Waals surface area contributed by atoms with E-state index in [1.165, 1.54) is 0 Å². The molecule has 90 valence electrons. The van der Waals surface area contributed by atoms with E-state index in [2.05, 4.69) is 0 Å². The van der Waals surface area contributed by atoms with Crippen LogP contribution in [0.25, 0.3) is 0 Å². The minimum absolute atomic E-state index is 0.629. The van der Waals surface area contributed by atoms with Crippen molar-refractivity contribution in [2.45, 2.75) is 13.2 Å². The van der Waals surface area contributed by atoms with Crippen molar-refractivity contribution in [3.05, 3.63) is 23.3 Å². The van der Waals surface area contributed by atoms with Crippen LogP contribution in [0.5, 0.6) is 11.5 Å². The Labute approximate surface area is 96.4 Å². The molecule has 1 atom stereocenters. The van der Waals surface area contributed by atoms with E-state index >= 15 is 0 Å². The van der Waals surface area contributed by atoms with Gasteiger partial charge >= 0.3 is 0 Å². The first-order valence-electron chi connectivity index (χ1n) is 5.08. The second-order valence-corrected chi connectivity index (χ2v) is 3.90. The zero-order chi connectivity index (χ0) is 12.3. The number of aliphatic hydroxyl groups excluding tert-OH is 1. The zero-order valence-corrected chi connectivity index (χ0v) is 10.4. The Morgan fingerprint density at radius 3 is 2.06 bits per heavy atom. The highest BCUT2D eigenvalue weighted by Gasteiger charge is 2.16. The molecule has 0 saturated heterocycles. The van der Waals surface area contributed by atoms with Crippen molar-refractivity contribution in [3.63, 3.8) is 0 Å². The van der Waals surface area contributed by atoms with E-state index < -0.39 is 6.23 Å². The Morgan fingerprint density at radius 2 is 1.62 bits per heavy atom. The molecule has 1 unspecified atom stereocenters. The number of rotatable bonds is 4. The first-order chi connectivity index (χ1) is 7.51. The van der Waals surface area contributed by atoms with Gasteiger partial charge in [0, 0.05) is 5.56 Å². The SMILES string of the molecule is COc1cc(C)c(C(O)N(C)C)cc1OC. The van der Waals surface area contributed by atoms with Gasteiger partial charge in [-0.05, 0) is 38.7 Å². The predicted octanol–water partition coefficient (Wildman–Crippen LogP) is 1.56. The summed E-state index contributed by atoms with van der Waals surface area (Å²) in [5.41, 5.74) is 1.79. The molecule has 0 saturated carbocycles. The molecule has 0 fully saturated rings. The molecule has 0 heterocycles. The standard InChI is InChI=1S/C12H19NO3/c1-8-6-10(15-4)11(16-5)7-9(8)12(14)13(2)3/h6-7,12,14H,1-5H3. The zero-order valence-electron chi connectivity index (χ0n) is 10.4. The van der Waals surface area contributed by atoms with Gasteiger partial charge in [-0.3, -0.25) is 4.90 Å². The summed E-state index contributed by atoms with van der Waals surface area (Å²) in [7, 11) is 6.82. The van der Waals surface area contributed by atoms with Crippen LogP contribution in [-0.2, 0) is 0 Å². The average Bonchev–Trinajstić information content (AvgIpc) is 2.27. The first kappa shape index (κ1) is 12.8. The summed E-state index contributed by atoms with van der Waals surface area (Å²) < 4.78 is 10.4. The molecule has 0 radical (unpaired) electrons. The molecule has 1 aromatic carbocycles. The lowest BCUT2D eigenvalue weighted by atomic mass is 10.1. The van der Waals surface area contributed by atoms with Crippen LogP contribution < -0.4 is 9.47 Å².